The summed E-state index contributed by atoms with van der Waals surface area (Å²) < 4.78 is 47.4. The van der Waals surface area contributed by atoms with Crippen molar-refractivity contribution in [3.63, 3.8) is 0 Å². The molecular formula is C17H13F3N6O2. The fraction of sp³-hybridized carbons (Fsp3) is 0.294. The smallest absolute Gasteiger partial charge is 0.332 e. The summed E-state index contributed by atoms with van der Waals surface area (Å²) in [7, 11) is 0. The number of nitrogens with two attached hydrogens (primary N) is 1. The third-order valence-corrected chi connectivity index (χ3v) is 5.08. The van der Waals surface area contributed by atoms with Crippen LogP contribution in [0, 0.1) is 0 Å². The Morgan fingerprint density at radius 1 is 1.32 bits per heavy atom. The Kier molecular flexibility index (Phi) is 3.41. The predicted molar refractivity (Wildman–Crippen MR) is 88.1 cm³/mol. The Morgan fingerprint density at radius 2 is 2.14 bits per heavy atom. The van der Waals surface area contributed by atoms with E-state index in [-0.39, 0.29) is 29.5 Å². The maximum atomic E-state index is 13.6. The number of imidazole rings is 1. The molecule has 11 heteroatoms. The zero-order valence-corrected chi connectivity index (χ0v) is 14.3. The third kappa shape index (κ3) is 2.22. The fourth-order valence-corrected chi connectivity index (χ4v) is 3.73. The molecular weight excluding hydrogens is 377 g/mol. The van der Waals surface area contributed by atoms with Crippen LogP contribution in [0.3, 0.4) is 0 Å². The largest absolute Gasteiger partial charge is 0.417 e. The fourth-order valence-electron chi connectivity index (χ4n) is 3.73. The molecule has 4 heterocycles. The molecule has 1 fully saturated rings. The van der Waals surface area contributed by atoms with Crippen molar-refractivity contribution >= 4 is 5.91 Å². The van der Waals surface area contributed by atoms with Crippen LogP contribution >= 0.6 is 0 Å². The number of carbonyl (C=O) groups is 1. The first kappa shape index (κ1) is 16.9. The lowest BCUT2D eigenvalue weighted by molar-refractivity contribution is -0.138. The van der Waals surface area contributed by atoms with Crippen LogP contribution in [0.1, 0.15) is 39.9 Å². The highest BCUT2D eigenvalue weighted by Gasteiger charge is 2.46. The Balaban J connectivity index is 1.77. The number of carbonyl (C=O) groups excluding carboxylic acids is 1. The van der Waals surface area contributed by atoms with Gasteiger partial charge in [-0.2, -0.15) is 18.2 Å². The van der Waals surface area contributed by atoms with Crippen LogP contribution < -0.4 is 5.73 Å². The number of alkyl halides is 3. The molecule has 28 heavy (non-hydrogen) atoms. The van der Waals surface area contributed by atoms with Crippen LogP contribution in [-0.4, -0.2) is 37.0 Å². The zero-order valence-electron chi connectivity index (χ0n) is 14.3. The van der Waals surface area contributed by atoms with Gasteiger partial charge < -0.3 is 15.2 Å². The van der Waals surface area contributed by atoms with Gasteiger partial charge in [0, 0.05) is 6.54 Å². The van der Waals surface area contributed by atoms with E-state index in [9.17, 15) is 18.0 Å². The van der Waals surface area contributed by atoms with Crippen molar-refractivity contribution in [2.45, 2.75) is 25.2 Å². The molecule has 3 aromatic rings. The third-order valence-electron chi connectivity index (χ3n) is 5.08. The molecule has 0 radical (unpaired) electrons. The van der Waals surface area contributed by atoms with Gasteiger partial charge in [-0.1, -0.05) is 11.2 Å². The number of fused-ring (bicyclic) bond motifs is 5. The summed E-state index contributed by atoms with van der Waals surface area (Å²) in [6.07, 6.45) is -2.68. The summed E-state index contributed by atoms with van der Waals surface area (Å²) in [4.78, 5) is 22.8. The number of rotatable bonds is 2. The van der Waals surface area contributed by atoms with Crippen LogP contribution in [0.15, 0.2) is 29.0 Å². The van der Waals surface area contributed by atoms with Gasteiger partial charge in [0.15, 0.2) is 11.5 Å². The molecule has 1 aromatic carbocycles. The Bertz CT molecular complexity index is 1100. The first-order chi connectivity index (χ1) is 13.4. The van der Waals surface area contributed by atoms with E-state index in [1.165, 1.54) is 27.9 Å². The Morgan fingerprint density at radius 3 is 2.79 bits per heavy atom. The molecule has 144 valence electrons. The molecule has 1 unspecified atom stereocenters. The second-order valence-corrected chi connectivity index (χ2v) is 6.57. The average Bonchev–Trinajstić information content (AvgIpc) is 3.24. The van der Waals surface area contributed by atoms with Crippen LogP contribution in [0.5, 0.6) is 0 Å². The maximum Gasteiger partial charge on any atom is 0.417 e. The van der Waals surface area contributed by atoms with Gasteiger partial charge >= 0.3 is 6.18 Å². The molecule has 1 amide bonds. The zero-order chi connectivity index (χ0) is 19.6. The Hall–Kier alpha value is -3.21. The topological polar surface area (TPSA) is 103 Å². The van der Waals surface area contributed by atoms with Crippen LogP contribution in [0.4, 0.5) is 13.2 Å². The first-order valence-corrected chi connectivity index (χ1v) is 8.52. The molecule has 1 saturated heterocycles. The van der Waals surface area contributed by atoms with Crippen molar-refractivity contribution in [2.24, 2.45) is 5.73 Å². The number of nitrogens with zero attached hydrogens (tertiary/aromatic N) is 5. The van der Waals surface area contributed by atoms with Gasteiger partial charge in [0.25, 0.3) is 11.8 Å². The summed E-state index contributed by atoms with van der Waals surface area (Å²) in [6.45, 7) is 0.434. The summed E-state index contributed by atoms with van der Waals surface area (Å²) in [5.41, 5.74) is 5.17. The average molecular weight is 390 g/mol. The molecule has 0 spiro atoms. The van der Waals surface area contributed by atoms with E-state index in [0.29, 0.717) is 24.4 Å². The van der Waals surface area contributed by atoms with Gasteiger partial charge in [-0.05, 0) is 18.6 Å². The summed E-state index contributed by atoms with van der Waals surface area (Å²) in [5, 5.41) is 3.74. The number of amides is 1. The van der Waals surface area contributed by atoms with Crippen molar-refractivity contribution in [3.8, 4) is 17.3 Å². The SMILES string of the molecule is NCc1noc(-c2ncn3c2C2CCN2C(=O)c2c-3cccc2C(F)(F)F)n1. The second-order valence-electron chi connectivity index (χ2n) is 6.57. The number of benzene rings is 1. The van der Waals surface area contributed by atoms with Crippen molar-refractivity contribution in [2.75, 3.05) is 6.54 Å². The minimum absolute atomic E-state index is 0.0748. The summed E-state index contributed by atoms with van der Waals surface area (Å²) in [5.74, 6) is -0.252. The lowest BCUT2D eigenvalue weighted by Gasteiger charge is -2.40. The summed E-state index contributed by atoms with van der Waals surface area (Å²) >= 11 is 0. The van der Waals surface area contributed by atoms with Gasteiger partial charge in [-0.15, -0.1) is 0 Å². The van der Waals surface area contributed by atoms with Crippen LogP contribution in [-0.2, 0) is 12.7 Å². The van der Waals surface area contributed by atoms with E-state index in [1.54, 1.807) is 0 Å². The lowest BCUT2D eigenvalue weighted by atomic mass is 9.96. The van der Waals surface area contributed by atoms with Gasteiger partial charge in [0.2, 0.25) is 0 Å². The standard InChI is InChI=1S/C17H13F3N6O2/c18-17(19,20)8-2-1-3-9-12(8)16(27)25-5-4-10(25)14-13(22-7-26(9)14)15-23-11(6-21)24-28-15/h1-3,7,10H,4-6,21H2. The minimum atomic E-state index is -4.65. The van der Waals surface area contributed by atoms with E-state index >= 15 is 0 Å². The maximum absolute atomic E-state index is 13.6. The molecule has 2 aliphatic rings. The highest BCUT2D eigenvalue weighted by Crippen LogP contribution is 2.45. The van der Waals surface area contributed by atoms with Crippen molar-refractivity contribution in [1.29, 1.82) is 0 Å². The second kappa shape index (κ2) is 5.64. The quantitative estimate of drug-likeness (QED) is 0.720. The van der Waals surface area contributed by atoms with Gasteiger partial charge in [0.1, 0.15) is 6.33 Å². The van der Waals surface area contributed by atoms with Crippen LogP contribution in [0.2, 0.25) is 0 Å². The lowest BCUT2D eigenvalue weighted by Crippen LogP contribution is -2.45. The molecule has 2 aliphatic heterocycles. The molecule has 0 aliphatic carbocycles. The van der Waals surface area contributed by atoms with Gasteiger partial charge in [-0.25, -0.2) is 4.98 Å². The molecule has 8 nitrogen and oxygen atoms in total. The van der Waals surface area contributed by atoms with E-state index in [2.05, 4.69) is 15.1 Å². The number of aromatic nitrogens is 4. The molecule has 1 atom stereocenters. The molecule has 0 saturated carbocycles. The number of hydrogen-bond donors (Lipinski definition) is 1. The van der Waals surface area contributed by atoms with Gasteiger partial charge in [0.05, 0.1) is 35.1 Å². The number of hydrogen-bond acceptors (Lipinski definition) is 6. The molecule has 2 N–H and O–H groups in total. The highest BCUT2D eigenvalue weighted by atomic mass is 19.4. The molecule has 0 bridgehead atoms. The van der Waals surface area contributed by atoms with Gasteiger partial charge in [-0.3, -0.25) is 9.36 Å². The van der Waals surface area contributed by atoms with E-state index < -0.39 is 23.7 Å². The highest BCUT2D eigenvalue weighted by molar-refractivity contribution is 6.01. The monoisotopic (exact) mass is 390 g/mol. The predicted octanol–water partition coefficient (Wildman–Crippen LogP) is 2.30. The minimum Gasteiger partial charge on any atom is -0.332 e. The Labute approximate surface area is 155 Å². The molecule has 2 aromatic heterocycles. The van der Waals surface area contributed by atoms with E-state index in [0.717, 1.165) is 6.07 Å². The van der Waals surface area contributed by atoms with Crippen molar-refractivity contribution in [3.05, 3.63) is 47.2 Å². The van der Waals surface area contributed by atoms with Crippen molar-refractivity contribution < 1.29 is 22.5 Å². The van der Waals surface area contributed by atoms with E-state index in [4.69, 9.17) is 10.3 Å². The van der Waals surface area contributed by atoms with Crippen molar-refractivity contribution in [1.82, 2.24) is 24.6 Å². The normalized spacial score (nSPS) is 18.2. The van der Waals surface area contributed by atoms with E-state index in [1.807, 2.05) is 0 Å². The molecule has 5 rings (SSSR count). The summed E-state index contributed by atoms with van der Waals surface area (Å²) in [6, 6.07) is 3.24. The number of halogens is 3. The van der Waals surface area contributed by atoms with Crippen LogP contribution in [0.25, 0.3) is 17.3 Å². The first-order valence-electron chi connectivity index (χ1n) is 8.52.